The number of anilines is 1. The van der Waals surface area contributed by atoms with Gasteiger partial charge in [0, 0.05) is 23.8 Å². The van der Waals surface area contributed by atoms with Crippen LogP contribution in [0.15, 0.2) is 24.3 Å². The van der Waals surface area contributed by atoms with Gasteiger partial charge in [-0.05, 0) is 44.0 Å². The first kappa shape index (κ1) is 17.3. The van der Waals surface area contributed by atoms with Crippen molar-refractivity contribution >= 4 is 35.1 Å². The molecule has 1 N–H and O–H groups in total. The molecule has 0 aliphatic carbocycles. The van der Waals surface area contributed by atoms with E-state index in [1.54, 1.807) is 31.2 Å². The van der Waals surface area contributed by atoms with Crippen LogP contribution in [0.5, 0.6) is 0 Å². The number of esters is 1. The Morgan fingerprint density at radius 3 is 2.65 bits per heavy atom. The largest absolute Gasteiger partial charge is 0.466 e. The molecule has 0 aromatic heterocycles. The minimum absolute atomic E-state index is 0.214. The number of piperidine rings is 1. The molecule has 0 radical (unpaired) electrons. The highest BCUT2D eigenvalue weighted by Gasteiger charge is 2.31. The highest BCUT2D eigenvalue weighted by molar-refractivity contribution is 6.39. The molecule has 1 aliphatic rings. The Hall–Kier alpha value is -2.08. The predicted molar refractivity (Wildman–Crippen MR) is 86.0 cm³/mol. The average molecular weight is 339 g/mol. The van der Waals surface area contributed by atoms with E-state index in [2.05, 4.69) is 5.32 Å². The van der Waals surface area contributed by atoms with Gasteiger partial charge in [0.25, 0.3) is 0 Å². The van der Waals surface area contributed by atoms with Gasteiger partial charge in [0.05, 0.1) is 12.5 Å². The van der Waals surface area contributed by atoms with Crippen molar-refractivity contribution in [3.8, 4) is 0 Å². The summed E-state index contributed by atoms with van der Waals surface area (Å²) < 4.78 is 4.99. The lowest BCUT2D eigenvalue weighted by molar-refractivity contribution is -0.153. The second-order valence-corrected chi connectivity index (χ2v) is 5.74. The number of amides is 2. The van der Waals surface area contributed by atoms with Crippen LogP contribution in [0, 0.1) is 5.92 Å². The molecule has 0 spiro atoms. The average Bonchev–Trinajstić information content (AvgIpc) is 2.56. The Kier molecular flexibility index (Phi) is 5.98. The first-order chi connectivity index (χ1) is 11.0. The van der Waals surface area contributed by atoms with Crippen molar-refractivity contribution in [2.24, 2.45) is 5.92 Å². The molecule has 1 heterocycles. The minimum Gasteiger partial charge on any atom is -0.466 e. The lowest BCUT2D eigenvalue weighted by Gasteiger charge is -2.30. The van der Waals surface area contributed by atoms with Crippen LogP contribution in [0.4, 0.5) is 5.69 Å². The molecule has 1 atom stereocenters. The van der Waals surface area contributed by atoms with E-state index in [0.717, 1.165) is 0 Å². The van der Waals surface area contributed by atoms with Crippen molar-refractivity contribution in [3.63, 3.8) is 0 Å². The number of nitrogens with zero attached hydrogens (tertiary/aromatic N) is 1. The lowest BCUT2D eigenvalue weighted by atomic mass is 9.98. The molecule has 0 bridgehead atoms. The summed E-state index contributed by atoms with van der Waals surface area (Å²) in [6.45, 7) is 2.72. The first-order valence-electron chi connectivity index (χ1n) is 7.53. The molecular weight excluding hydrogens is 320 g/mol. The third-order valence-corrected chi connectivity index (χ3v) is 3.88. The monoisotopic (exact) mass is 338 g/mol. The quantitative estimate of drug-likeness (QED) is 0.676. The number of rotatable bonds is 3. The number of hydrogen-bond donors (Lipinski definition) is 1. The third kappa shape index (κ3) is 4.69. The van der Waals surface area contributed by atoms with Crippen molar-refractivity contribution in [3.05, 3.63) is 29.3 Å². The van der Waals surface area contributed by atoms with E-state index in [1.807, 2.05) is 0 Å². The van der Waals surface area contributed by atoms with Crippen molar-refractivity contribution < 1.29 is 19.1 Å². The van der Waals surface area contributed by atoms with Crippen LogP contribution in [0.25, 0.3) is 0 Å². The van der Waals surface area contributed by atoms with Crippen LogP contribution in [0.3, 0.4) is 0 Å². The van der Waals surface area contributed by atoms with Gasteiger partial charge in [-0.25, -0.2) is 0 Å². The number of ether oxygens (including phenoxy) is 1. The van der Waals surface area contributed by atoms with E-state index in [9.17, 15) is 14.4 Å². The summed E-state index contributed by atoms with van der Waals surface area (Å²) in [6.07, 6.45) is 1.34. The lowest BCUT2D eigenvalue weighted by Crippen LogP contribution is -2.47. The van der Waals surface area contributed by atoms with Crippen molar-refractivity contribution in [1.29, 1.82) is 0 Å². The third-order valence-electron chi connectivity index (χ3n) is 3.62. The Labute approximate surface area is 139 Å². The molecule has 0 saturated carbocycles. The van der Waals surface area contributed by atoms with Crippen LogP contribution in [0.2, 0.25) is 5.02 Å². The SMILES string of the molecule is CCOC(=O)C1CCCN(C(=O)C(=O)Nc2ccc(Cl)cc2)C1. The molecule has 7 heteroatoms. The fourth-order valence-electron chi connectivity index (χ4n) is 2.48. The van der Waals surface area contributed by atoms with Crippen molar-refractivity contribution in [2.75, 3.05) is 25.0 Å². The molecule has 1 saturated heterocycles. The Morgan fingerprint density at radius 2 is 2.00 bits per heavy atom. The van der Waals surface area contributed by atoms with E-state index < -0.39 is 11.8 Å². The van der Waals surface area contributed by atoms with E-state index in [4.69, 9.17) is 16.3 Å². The molecule has 2 rings (SSSR count). The van der Waals surface area contributed by atoms with E-state index in [-0.39, 0.29) is 18.4 Å². The number of nitrogens with one attached hydrogen (secondary N) is 1. The van der Waals surface area contributed by atoms with Crippen LogP contribution in [-0.4, -0.2) is 42.4 Å². The van der Waals surface area contributed by atoms with Gasteiger partial charge in [0.15, 0.2) is 0 Å². The van der Waals surface area contributed by atoms with E-state index >= 15 is 0 Å². The maximum Gasteiger partial charge on any atom is 0.313 e. The zero-order chi connectivity index (χ0) is 16.8. The van der Waals surface area contributed by atoms with Gasteiger partial charge in [0.2, 0.25) is 0 Å². The summed E-state index contributed by atoms with van der Waals surface area (Å²) in [5, 5.41) is 3.07. The number of carbonyl (C=O) groups excluding carboxylic acids is 3. The Balaban J connectivity index is 1.94. The van der Waals surface area contributed by atoms with Crippen molar-refractivity contribution in [2.45, 2.75) is 19.8 Å². The molecule has 1 unspecified atom stereocenters. The number of likely N-dealkylation sites (tertiary alicyclic amines) is 1. The predicted octanol–water partition coefficient (Wildman–Crippen LogP) is 2.08. The first-order valence-corrected chi connectivity index (χ1v) is 7.91. The van der Waals surface area contributed by atoms with Gasteiger partial charge in [-0.3, -0.25) is 14.4 Å². The maximum atomic E-state index is 12.2. The summed E-state index contributed by atoms with van der Waals surface area (Å²) in [5.74, 6) is -2.05. The highest BCUT2D eigenvalue weighted by Crippen LogP contribution is 2.19. The van der Waals surface area contributed by atoms with Gasteiger partial charge in [-0.15, -0.1) is 0 Å². The summed E-state index contributed by atoms with van der Waals surface area (Å²) >= 11 is 5.77. The fraction of sp³-hybridized carbons (Fsp3) is 0.438. The van der Waals surface area contributed by atoms with Gasteiger partial charge in [-0.1, -0.05) is 11.6 Å². The zero-order valence-corrected chi connectivity index (χ0v) is 13.6. The second kappa shape index (κ2) is 7.97. The summed E-state index contributed by atoms with van der Waals surface area (Å²) in [5.41, 5.74) is 0.492. The molecule has 23 heavy (non-hydrogen) atoms. The molecule has 2 amide bonds. The number of hydrogen-bond acceptors (Lipinski definition) is 4. The standard InChI is InChI=1S/C16H19ClN2O4/c1-2-23-16(22)11-4-3-9-19(10-11)15(21)14(20)18-13-7-5-12(17)6-8-13/h5-8,11H,2-4,9-10H2,1H3,(H,18,20). The number of halogens is 1. The van der Waals surface area contributed by atoms with Gasteiger partial charge < -0.3 is 15.0 Å². The van der Waals surface area contributed by atoms with Crippen LogP contribution < -0.4 is 5.32 Å². The number of carbonyl (C=O) groups is 3. The molecule has 1 fully saturated rings. The smallest absolute Gasteiger partial charge is 0.313 e. The normalized spacial score (nSPS) is 17.5. The molecule has 1 aromatic rings. The van der Waals surface area contributed by atoms with Crippen LogP contribution >= 0.6 is 11.6 Å². The number of benzene rings is 1. The highest BCUT2D eigenvalue weighted by atomic mass is 35.5. The maximum absolute atomic E-state index is 12.2. The van der Waals surface area contributed by atoms with Gasteiger partial charge in [0.1, 0.15) is 0 Å². The fourth-order valence-corrected chi connectivity index (χ4v) is 2.60. The Bertz CT molecular complexity index is 588. The zero-order valence-electron chi connectivity index (χ0n) is 12.9. The summed E-state index contributed by atoms with van der Waals surface area (Å²) in [7, 11) is 0. The van der Waals surface area contributed by atoms with E-state index in [1.165, 1.54) is 4.90 Å². The van der Waals surface area contributed by atoms with E-state index in [0.29, 0.717) is 36.7 Å². The summed E-state index contributed by atoms with van der Waals surface area (Å²) in [6, 6.07) is 6.48. The topological polar surface area (TPSA) is 75.7 Å². The van der Waals surface area contributed by atoms with Crippen LogP contribution in [0.1, 0.15) is 19.8 Å². The van der Waals surface area contributed by atoms with Gasteiger partial charge >= 0.3 is 17.8 Å². The Morgan fingerprint density at radius 1 is 1.30 bits per heavy atom. The van der Waals surface area contributed by atoms with Crippen LogP contribution in [-0.2, 0) is 19.1 Å². The minimum atomic E-state index is -0.725. The second-order valence-electron chi connectivity index (χ2n) is 5.30. The molecule has 1 aromatic carbocycles. The van der Waals surface area contributed by atoms with Crippen molar-refractivity contribution in [1.82, 2.24) is 4.90 Å². The summed E-state index contributed by atoms with van der Waals surface area (Å²) in [4.78, 5) is 37.5. The molecular formula is C16H19ClN2O4. The van der Waals surface area contributed by atoms with Gasteiger partial charge in [-0.2, -0.15) is 0 Å². The molecule has 1 aliphatic heterocycles. The molecule has 124 valence electrons. The molecule has 6 nitrogen and oxygen atoms in total.